The van der Waals surface area contributed by atoms with E-state index < -0.39 is 11.7 Å². The van der Waals surface area contributed by atoms with Crippen molar-refractivity contribution in [2.45, 2.75) is 37.8 Å². The number of primary amides is 1. The number of hydrogen-bond donors (Lipinski definition) is 4. The van der Waals surface area contributed by atoms with Crippen molar-refractivity contribution >= 4 is 34.1 Å². The van der Waals surface area contributed by atoms with Gasteiger partial charge in [-0.2, -0.15) is 0 Å². The molecular formula is C22H25FN6O2. The Morgan fingerprint density at radius 3 is 2.77 bits per heavy atom. The zero-order chi connectivity index (χ0) is 22.0. The predicted octanol–water partition coefficient (Wildman–Crippen LogP) is 3.30. The minimum Gasteiger partial charge on any atom is -0.494 e. The Kier molecular flexibility index (Phi) is 5.85. The second-order valence-corrected chi connectivity index (χ2v) is 7.66. The molecule has 1 aliphatic rings. The normalized spacial score (nSPS) is 18.5. The molecule has 3 aromatic rings. The number of aromatic nitrogens is 2. The molecule has 0 saturated heterocycles. The Labute approximate surface area is 179 Å². The number of rotatable bonds is 6. The van der Waals surface area contributed by atoms with Gasteiger partial charge in [0.2, 0.25) is 0 Å². The largest absolute Gasteiger partial charge is 0.494 e. The molecule has 2 heterocycles. The fraction of sp³-hybridized carbons (Fsp3) is 0.318. The lowest BCUT2D eigenvalue weighted by Crippen LogP contribution is -2.43. The van der Waals surface area contributed by atoms with Gasteiger partial charge in [-0.3, -0.25) is 9.78 Å². The van der Waals surface area contributed by atoms with Crippen molar-refractivity contribution in [3.8, 4) is 5.75 Å². The average molecular weight is 424 g/mol. The highest BCUT2D eigenvalue weighted by Crippen LogP contribution is 2.29. The highest BCUT2D eigenvalue weighted by molar-refractivity contribution is 5.99. The van der Waals surface area contributed by atoms with Crippen LogP contribution in [0, 0.1) is 5.82 Å². The van der Waals surface area contributed by atoms with Gasteiger partial charge < -0.3 is 26.8 Å². The zero-order valence-corrected chi connectivity index (χ0v) is 17.2. The molecule has 8 nitrogen and oxygen atoms in total. The number of fused-ring (bicyclic) bond motifs is 1. The standard InChI is InChI=1S/C22H25FN6O2/c1-31-18-8-4-5-12-9-13(11-26-19(12)18)27-21-14(20(25)30)10-15(23)22(29-21)28-17-7-3-2-6-16(17)24/h4-5,8-11,16-17H,2-3,6-7,24H2,1H3,(H2,25,30)(H2,27,28,29). The van der Waals surface area contributed by atoms with Crippen LogP contribution in [0.15, 0.2) is 36.5 Å². The van der Waals surface area contributed by atoms with Crippen LogP contribution in [-0.2, 0) is 0 Å². The predicted molar refractivity (Wildman–Crippen MR) is 118 cm³/mol. The van der Waals surface area contributed by atoms with Crippen LogP contribution in [0.25, 0.3) is 10.9 Å². The van der Waals surface area contributed by atoms with Crippen molar-refractivity contribution in [1.29, 1.82) is 0 Å². The van der Waals surface area contributed by atoms with Gasteiger partial charge in [-0.05, 0) is 31.0 Å². The summed E-state index contributed by atoms with van der Waals surface area (Å²) in [4.78, 5) is 20.7. The lowest BCUT2D eigenvalue weighted by molar-refractivity contribution is 0.100. The molecule has 162 valence electrons. The monoisotopic (exact) mass is 424 g/mol. The van der Waals surface area contributed by atoms with Gasteiger partial charge in [0.1, 0.15) is 17.1 Å². The van der Waals surface area contributed by atoms with E-state index in [-0.39, 0.29) is 29.3 Å². The Hall–Kier alpha value is -3.46. The van der Waals surface area contributed by atoms with E-state index in [0.29, 0.717) is 17.0 Å². The summed E-state index contributed by atoms with van der Waals surface area (Å²) in [5.74, 6) is -0.615. The molecule has 2 unspecified atom stereocenters. The van der Waals surface area contributed by atoms with Gasteiger partial charge in [0, 0.05) is 17.5 Å². The number of anilines is 3. The summed E-state index contributed by atoms with van der Waals surface area (Å²) in [5.41, 5.74) is 12.9. The molecular weight excluding hydrogens is 399 g/mol. The number of nitrogens with one attached hydrogen (secondary N) is 2. The number of nitrogens with two attached hydrogens (primary N) is 2. The number of hydrogen-bond acceptors (Lipinski definition) is 7. The second-order valence-electron chi connectivity index (χ2n) is 7.66. The van der Waals surface area contributed by atoms with Crippen LogP contribution >= 0.6 is 0 Å². The maximum Gasteiger partial charge on any atom is 0.252 e. The summed E-state index contributed by atoms with van der Waals surface area (Å²) in [6.45, 7) is 0. The van der Waals surface area contributed by atoms with Crippen molar-refractivity contribution in [3.63, 3.8) is 0 Å². The maximum absolute atomic E-state index is 14.7. The molecule has 4 rings (SSSR count). The summed E-state index contributed by atoms with van der Waals surface area (Å²) in [7, 11) is 1.58. The average Bonchev–Trinajstić information content (AvgIpc) is 2.76. The molecule has 0 aliphatic heterocycles. The summed E-state index contributed by atoms with van der Waals surface area (Å²) >= 11 is 0. The van der Waals surface area contributed by atoms with Gasteiger partial charge >= 0.3 is 0 Å². The van der Waals surface area contributed by atoms with Crippen LogP contribution in [0.5, 0.6) is 5.75 Å². The molecule has 1 aliphatic carbocycles. The van der Waals surface area contributed by atoms with E-state index in [0.717, 1.165) is 37.1 Å². The molecule has 1 fully saturated rings. The lowest BCUT2D eigenvalue weighted by atomic mass is 9.91. The van der Waals surface area contributed by atoms with E-state index in [9.17, 15) is 9.18 Å². The van der Waals surface area contributed by atoms with Crippen molar-refractivity contribution in [2.75, 3.05) is 17.7 Å². The molecule has 1 amide bonds. The fourth-order valence-electron chi connectivity index (χ4n) is 3.89. The van der Waals surface area contributed by atoms with Gasteiger partial charge in [-0.25, -0.2) is 9.37 Å². The summed E-state index contributed by atoms with van der Waals surface area (Å²) in [6, 6.07) is 8.33. The molecule has 6 N–H and O–H groups in total. The van der Waals surface area contributed by atoms with Gasteiger partial charge in [-0.1, -0.05) is 25.0 Å². The summed E-state index contributed by atoms with van der Waals surface area (Å²) in [6.07, 6.45) is 5.37. The number of carbonyl (C=O) groups is 1. The maximum atomic E-state index is 14.7. The summed E-state index contributed by atoms with van der Waals surface area (Å²) in [5, 5.41) is 6.98. The topological polar surface area (TPSA) is 128 Å². The number of ether oxygens (including phenoxy) is 1. The molecule has 0 radical (unpaired) electrons. The van der Waals surface area contributed by atoms with Crippen molar-refractivity contribution in [2.24, 2.45) is 11.5 Å². The van der Waals surface area contributed by atoms with Gasteiger partial charge in [-0.15, -0.1) is 0 Å². The number of carbonyl (C=O) groups excluding carboxylic acids is 1. The third-order valence-electron chi connectivity index (χ3n) is 5.54. The van der Waals surface area contributed by atoms with E-state index >= 15 is 0 Å². The zero-order valence-electron chi connectivity index (χ0n) is 17.2. The molecule has 0 bridgehead atoms. The SMILES string of the molecule is COc1cccc2cc(Nc3nc(NC4CCCCC4N)c(F)cc3C(N)=O)cnc12. The van der Waals surface area contributed by atoms with E-state index in [1.54, 1.807) is 13.3 Å². The molecule has 2 aromatic heterocycles. The van der Waals surface area contributed by atoms with Gasteiger partial charge in [0.15, 0.2) is 11.6 Å². The smallest absolute Gasteiger partial charge is 0.252 e. The highest BCUT2D eigenvalue weighted by Gasteiger charge is 2.24. The van der Waals surface area contributed by atoms with Crippen molar-refractivity contribution in [1.82, 2.24) is 9.97 Å². The van der Waals surface area contributed by atoms with Crippen LogP contribution in [0.3, 0.4) is 0 Å². The molecule has 2 atom stereocenters. The second kappa shape index (κ2) is 8.73. The van der Waals surface area contributed by atoms with Crippen LogP contribution in [0.4, 0.5) is 21.7 Å². The molecule has 1 saturated carbocycles. The van der Waals surface area contributed by atoms with E-state index in [2.05, 4.69) is 20.6 Å². The Morgan fingerprint density at radius 2 is 2.03 bits per heavy atom. The number of nitrogens with zero attached hydrogens (tertiary/aromatic N) is 2. The number of para-hydroxylation sites is 1. The quantitative estimate of drug-likeness (QED) is 0.478. The van der Waals surface area contributed by atoms with E-state index in [1.807, 2.05) is 24.3 Å². The van der Waals surface area contributed by atoms with Gasteiger partial charge in [0.25, 0.3) is 5.91 Å². The van der Waals surface area contributed by atoms with Crippen LogP contribution in [0.1, 0.15) is 36.0 Å². The third-order valence-corrected chi connectivity index (χ3v) is 5.54. The molecule has 31 heavy (non-hydrogen) atoms. The Balaban J connectivity index is 1.67. The minimum atomic E-state index is -0.787. The van der Waals surface area contributed by atoms with E-state index in [1.165, 1.54) is 0 Å². The minimum absolute atomic E-state index is 0.0327. The molecule has 1 aromatic carbocycles. The Morgan fingerprint density at radius 1 is 1.23 bits per heavy atom. The van der Waals surface area contributed by atoms with Gasteiger partial charge in [0.05, 0.1) is 24.6 Å². The summed E-state index contributed by atoms with van der Waals surface area (Å²) < 4.78 is 20.0. The van der Waals surface area contributed by atoms with E-state index in [4.69, 9.17) is 16.2 Å². The first-order valence-electron chi connectivity index (χ1n) is 10.2. The fourth-order valence-corrected chi connectivity index (χ4v) is 3.89. The highest BCUT2D eigenvalue weighted by atomic mass is 19.1. The van der Waals surface area contributed by atoms with Crippen LogP contribution < -0.4 is 26.8 Å². The first-order valence-corrected chi connectivity index (χ1v) is 10.2. The number of halogens is 1. The number of amides is 1. The third kappa shape index (κ3) is 4.36. The van der Waals surface area contributed by atoms with Crippen LogP contribution in [0.2, 0.25) is 0 Å². The van der Waals surface area contributed by atoms with Crippen molar-refractivity contribution < 1.29 is 13.9 Å². The first kappa shape index (κ1) is 20.8. The number of benzene rings is 1. The number of pyridine rings is 2. The van der Waals surface area contributed by atoms with Crippen molar-refractivity contribution in [3.05, 3.63) is 47.9 Å². The molecule has 9 heteroatoms. The molecule has 0 spiro atoms. The lowest BCUT2D eigenvalue weighted by Gasteiger charge is -2.30. The first-order chi connectivity index (χ1) is 15.0. The number of methoxy groups -OCH3 is 1. The Bertz CT molecular complexity index is 1120. The van der Waals surface area contributed by atoms with Crippen LogP contribution in [-0.4, -0.2) is 35.1 Å².